The summed E-state index contributed by atoms with van der Waals surface area (Å²) in [5.74, 6) is -0.120. The van der Waals surface area contributed by atoms with Crippen molar-refractivity contribution in [3.63, 3.8) is 0 Å². The van der Waals surface area contributed by atoms with Crippen LogP contribution in [0.1, 0.15) is 58.6 Å². The van der Waals surface area contributed by atoms with Crippen LogP contribution in [-0.2, 0) is 11.3 Å². The normalized spacial score (nSPS) is 10.3. The van der Waals surface area contributed by atoms with Crippen LogP contribution in [-0.4, -0.2) is 28.3 Å². The number of rotatable bonds is 6. The van der Waals surface area contributed by atoms with Crippen molar-refractivity contribution < 1.29 is 14.2 Å². The number of methoxy groups -OCH3 is 1. The van der Waals surface area contributed by atoms with E-state index in [2.05, 4.69) is 29.1 Å². The topological polar surface area (TPSA) is 67.3 Å². The highest BCUT2D eigenvalue weighted by molar-refractivity contribution is 6.30. The standard InChI is InChI=1S/C21H21ClFN3O.C3H8O.C2H6/c1-13(2)17-11-25-20(16-8-15(22)4-5-18(16)23)9-21(17)26-19-6-7-24-10-14(19)12-27-3;1-3(2)4;1-2/h4-11,13H,12H2,1-3H3,(H,24,25,26);3-4H,1-2H3;1-2H3. The van der Waals surface area contributed by atoms with E-state index in [4.69, 9.17) is 21.4 Å². The zero-order valence-corrected chi connectivity index (χ0v) is 21.2. The molecule has 0 saturated heterocycles. The number of aliphatic hydroxyl groups excluding tert-OH is 1. The predicted molar refractivity (Wildman–Crippen MR) is 136 cm³/mol. The fourth-order valence-electron chi connectivity index (χ4n) is 2.84. The highest BCUT2D eigenvalue weighted by Gasteiger charge is 2.14. The molecule has 0 aliphatic rings. The van der Waals surface area contributed by atoms with Crippen molar-refractivity contribution in [2.75, 3.05) is 12.4 Å². The number of anilines is 2. The molecule has 33 heavy (non-hydrogen) atoms. The summed E-state index contributed by atoms with van der Waals surface area (Å²) in [4.78, 5) is 8.61. The van der Waals surface area contributed by atoms with Crippen molar-refractivity contribution in [2.45, 2.75) is 60.2 Å². The number of ether oxygens (including phenoxy) is 1. The number of nitrogens with zero attached hydrogens (tertiary/aromatic N) is 2. The lowest BCUT2D eigenvalue weighted by Gasteiger charge is -2.18. The van der Waals surface area contributed by atoms with Gasteiger partial charge in [0.05, 0.1) is 12.3 Å². The van der Waals surface area contributed by atoms with E-state index in [1.165, 1.54) is 12.1 Å². The molecule has 3 aromatic rings. The van der Waals surface area contributed by atoms with Gasteiger partial charge in [0.15, 0.2) is 0 Å². The SMILES string of the molecule is CC.CC(C)O.COCc1cnccc1Nc1cc(-c2cc(Cl)ccc2F)ncc1C(C)C. The Labute approximate surface area is 202 Å². The van der Waals surface area contributed by atoms with E-state index >= 15 is 0 Å². The molecule has 0 fully saturated rings. The molecular formula is C26H35ClFN3O2. The highest BCUT2D eigenvalue weighted by atomic mass is 35.5. The molecule has 180 valence electrons. The lowest BCUT2D eigenvalue weighted by atomic mass is 10.0. The third-order valence-electron chi connectivity index (χ3n) is 4.23. The molecule has 3 rings (SSSR count). The molecule has 0 amide bonds. The van der Waals surface area contributed by atoms with Crippen LogP contribution >= 0.6 is 11.6 Å². The van der Waals surface area contributed by atoms with Gasteiger partial charge in [0, 0.05) is 59.3 Å². The van der Waals surface area contributed by atoms with E-state index in [1.54, 1.807) is 45.6 Å². The maximum atomic E-state index is 14.3. The molecule has 0 aliphatic carbocycles. The Hall–Kier alpha value is -2.54. The van der Waals surface area contributed by atoms with Gasteiger partial charge in [-0.15, -0.1) is 0 Å². The molecule has 2 N–H and O–H groups in total. The average molecular weight is 476 g/mol. The van der Waals surface area contributed by atoms with Crippen molar-refractivity contribution in [1.82, 2.24) is 9.97 Å². The fraction of sp³-hybridized carbons (Fsp3) is 0.385. The lowest BCUT2D eigenvalue weighted by molar-refractivity contribution is 0.185. The number of benzene rings is 1. The second-order valence-electron chi connectivity index (χ2n) is 7.62. The number of hydrogen-bond acceptors (Lipinski definition) is 5. The Balaban J connectivity index is 0.000000820. The summed E-state index contributed by atoms with van der Waals surface area (Å²) in [6, 6.07) is 8.19. The molecule has 0 spiro atoms. The summed E-state index contributed by atoms with van der Waals surface area (Å²) < 4.78 is 19.5. The maximum Gasteiger partial charge on any atom is 0.132 e. The van der Waals surface area contributed by atoms with Crippen LogP contribution in [0.5, 0.6) is 0 Å². The minimum Gasteiger partial charge on any atom is -0.394 e. The zero-order valence-electron chi connectivity index (χ0n) is 20.5. The molecule has 0 radical (unpaired) electrons. The minimum atomic E-state index is -0.362. The van der Waals surface area contributed by atoms with Crippen LogP contribution in [0, 0.1) is 5.82 Å². The van der Waals surface area contributed by atoms with Gasteiger partial charge in [-0.1, -0.05) is 39.3 Å². The van der Waals surface area contributed by atoms with Gasteiger partial charge in [-0.05, 0) is 55.7 Å². The third-order valence-corrected chi connectivity index (χ3v) is 4.47. The largest absolute Gasteiger partial charge is 0.394 e. The molecule has 0 unspecified atom stereocenters. The Bertz CT molecular complexity index is 994. The first-order chi connectivity index (χ1) is 15.7. The zero-order chi connectivity index (χ0) is 25.0. The van der Waals surface area contributed by atoms with Gasteiger partial charge in [0.1, 0.15) is 5.82 Å². The van der Waals surface area contributed by atoms with Crippen LogP contribution < -0.4 is 5.32 Å². The molecule has 0 aliphatic heterocycles. The number of nitrogens with one attached hydrogen (secondary N) is 1. The summed E-state index contributed by atoms with van der Waals surface area (Å²) in [6.45, 7) is 12.1. The first kappa shape index (κ1) is 28.5. The van der Waals surface area contributed by atoms with Gasteiger partial charge in [-0.25, -0.2) is 4.39 Å². The summed E-state index contributed by atoms with van der Waals surface area (Å²) >= 11 is 6.04. The van der Waals surface area contributed by atoms with Gasteiger partial charge in [0.2, 0.25) is 0 Å². The quantitative estimate of drug-likeness (QED) is 0.389. The molecule has 5 nitrogen and oxygen atoms in total. The fourth-order valence-corrected chi connectivity index (χ4v) is 3.01. The summed E-state index contributed by atoms with van der Waals surface area (Å²) in [6.07, 6.45) is 5.09. The Morgan fingerprint density at radius 3 is 2.33 bits per heavy atom. The van der Waals surface area contributed by atoms with Crippen molar-refractivity contribution in [2.24, 2.45) is 0 Å². The van der Waals surface area contributed by atoms with E-state index in [0.29, 0.717) is 22.9 Å². The van der Waals surface area contributed by atoms with Gasteiger partial charge in [0.25, 0.3) is 0 Å². The molecule has 0 saturated carbocycles. The van der Waals surface area contributed by atoms with Gasteiger partial charge in [-0.3, -0.25) is 9.97 Å². The highest BCUT2D eigenvalue weighted by Crippen LogP contribution is 2.33. The first-order valence-electron chi connectivity index (χ1n) is 11.0. The Morgan fingerprint density at radius 2 is 1.73 bits per heavy atom. The first-order valence-corrected chi connectivity index (χ1v) is 11.4. The van der Waals surface area contributed by atoms with Gasteiger partial charge < -0.3 is 15.2 Å². The third kappa shape index (κ3) is 9.08. The van der Waals surface area contributed by atoms with Gasteiger partial charge in [-0.2, -0.15) is 0 Å². The molecule has 0 atom stereocenters. The Kier molecular flexibility index (Phi) is 12.6. The number of aromatic nitrogens is 2. The monoisotopic (exact) mass is 475 g/mol. The van der Waals surface area contributed by atoms with E-state index in [9.17, 15) is 4.39 Å². The van der Waals surface area contributed by atoms with Crippen LogP contribution in [0.25, 0.3) is 11.3 Å². The van der Waals surface area contributed by atoms with Crippen molar-refractivity contribution in [1.29, 1.82) is 0 Å². The van der Waals surface area contributed by atoms with E-state index in [0.717, 1.165) is 22.5 Å². The minimum absolute atomic E-state index is 0.167. The van der Waals surface area contributed by atoms with Crippen molar-refractivity contribution >= 4 is 23.0 Å². The molecule has 2 aromatic heterocycles. The lowest BCUT2D eigenvalue weighted by Crippen LogP contribution is -2.03. The Morgan fingerprint density at radius 1 is 1.06 bits per heavy atom. The van der Waals surface area contributed by atoms with E-state index < -0.39 is 0 Å². The number of hydrogen-bond donors (Lipinski definition) is 2. The van der Waals surface area contributed by atoms with Crippen LogP contribution in [0.4, 0.5) is 15.8 Å². The van der Waals surface area contributed by atoms with Crippen molar-refractivity contribution in [3.8, 4) is 11.3 Å². The number of aliphatic hydroxyl groups is 1. The maximum absolute atomic E-state index is 14.3. The predicted octanol–water partition coefficient (Wildman–Crippen LogP) is 7.36. The van der Waals surface area contributed by atoms with Crippen LogP contribution in [0.15, 0.2) is 48.9 Å². The smallest absolute Gasteiger partial charge is 0.132 e. The van der Waals surface area contributed by atoms with E-state index in [1.807, 2.05) is 26.0 Å². The molecular weight excluding hydrogens is 441 g/mol. The molecule has 2 heterocycles. The number of pyridine rings is 2. The number of halogens is 2. The average Bonchev–Trinajstić information content (AvgIpc) is 2.78. The molecule has 1 aromatic carbocycles. The van der Waals surface area contributed by atoms with Crippen molar-refractivity contribution in [3.05, 3.63) is 70.9 Å². The summed E-state index contributed by atoms with van der Waals surface area (Å²) in [5, 5.41) is 12.0. The second kappa shape index (κ2) is 14.6. The molecule has 0 bridgehead atoms. The summed E-state index contributed by atoms with van der Waals surface area (Å²) in [7, 11) is 1.64. The van der Waals surface area contributed by atoms with Gasteiger partial charge >= 0.3 is 0 Å². The second-order valence-corrected chi connectivity index (χ2v) is 8.06. The molecule has 7 heteroatoms. The summed E-state index contributed by atoms with van der Waals surface area (Å²) in [5.41, 5.74) is 4.59. The van der Waals surface area contributed by atoms with Crippen LogP contribution in [0.3, 0.4) is 0 Å². The van der Waals surface area contributed by atoms with E-state index in [-0.39, 0.29) is 17.8 Å². The van der Waals surface area contributed by atoms with Crippen LogP contribution in [0.2, 0.25) is 5.02 Å².